The monoisotopic (exact) mass is 489 g/mol. The van der Waals surface area contributed by atoms with Gasteiger partial charge in [0.25, 0.3) is 0 Å². The van der Waals surface area contributed by atoms with Crippen molar-refractivity contribution in [3.05, 3.63) is 99.5 Å². The number of fused-ring (bicyclic) bond motifs is 5. The van der Waals surface area contributed by atoms with Crippen molar-refractivity contribution in [2.24, 2.45) is 16.9 Å². The topological polar surface area (TPSA) is 70.0 Å². The molecule has 6 nitrogen and oxygen atoms in total. The molecule has 3 heterocycles. The summed E-state index contributed by atoms with van der Waals surface area (Å²) in [6.07, 6.45) is 1.68. The maximum absolute atomic E-state index is 13.8. The molecule has 2 saturated heterocycles. The lowest BCUT2D eigenvalue weighted by atomic mass is 9.83. The Morgan fingerprint density at radius 1 is 0.824 bits per heavy atom. The molecular weight excluding hydrogens is 473 g/mol. The zero-order valence-electron chi connectivity index (χ0n) is 17.6. The number of hydrogen-bond donors (Lipinski definition) is 0. The number of benzene rings is 3. The number of Topliss-reactive ketones (excluding diaryl/α,β-unsaturated/α-hetero) is 1. The number of ketones is 1. The summed E-state index contributed by atoms with van der Waals surface area (Å²) < 4.78 is 0. The van der Waals surface area contributed by atoms with Gasteiger partial charge in [0, 0.05) is 15.6 Å². The fourth-order valence-electron chi connectivity index (χ4n) is 5.36. The van der Waals surface area contributed by atoms with Gasteiger partial charge in [0.1, 0.15) is 6.04 Å². The van der Waals surface area contributed by atoms with Gasteiger partial charge in [0.05, 0.1) is 29.8 Å². The van der Waals surface area contributed by atoms with E-state index >= 15 is 0 Å². The third kappa shape index (κ3) is 3.02. The first-order valence-electron chi connectivity index (χ1n) is 10.8. The van der Waals surface area contributed by atoms with Gasteiger partial charge in [0.15, 0.2) is 5.78 Å². The molecule has 3 aromatic rings. The lowest BCUT2D eigenvalue weighted by molar-refractivity contribution is -0.124. The third-order valence-electron chi connectivity index (χ3n) is 6.73. The van der Waals surface area contributed by atoms with E-state index in [1.165, 1.54) is 18.2 Å². The molecule has 0 radical (unpaired) electrons. The highest BCUT2D eigenvalue weighted by Gasteiger charge is 2.65. The first-order valence-corrected chi connectivity index (χ1v) is 11.6. The summed E-state index contributed by atoms with van der Waals surface area (Å²) in [6.45, 7) is 0. The van der Waals surface area contributed by atoms with E-state index in [1.54, 1.807) is 35.5 Å². The lowest BCUT2D eigenvalue weighted by Crippen LogP contribution is -2.44. The summed E-state index contributed by atoms with van der Waals surface area (Å²) >= 11 is 12.3. The van der Waals surface area contributed by atoms with Gasteiger partial charge >= 0.3 is 0 Å². The molecule has 0 aromatic heterocycles. The first-order chi connectivity index (χ1) is 16.5. The van der Waals surface area contributed by atoms with Crippen molar-refractivity contribution in [1.82, 2.24) is 5.01 Å². The first kappa shape index (κ1) is 21.1. The molecule has 2 amide bonds. The molecule has 0 bridgehead atoms. The van der Waals surface area contributed by atoms with Gasteiger partial charge in [-0.1, -0.05) is 77.8 Å². The Balaban J connectivity index is 1.51. The van der Waals surface area contributed by atoms with E-state index in [4.69, 9.17) is 23.2 Å². The van der Waals surface area contributed by atoms with Crippen LogP contribution < -0.4 is 4.90 Å². The Morgan fingerprint density at radius 3 is 2.21 bits per heavy atom. The molecule has 0 unspecified atom stereocenters. The van der Waals surface area contributed by atoms with Crippen LogP contribution >= 0.6 is 23.2 Å². The van der Waals surface area contributed by atoms with Crippen LogP contribution in [-0.4, -0.2) is 34.9 Å². The predicted molar refractivity (Wildman–Crippen MR) is 129 cm³/mol. The predicted octanol–water partition coefficient (Wildman–Crippen LogP) is 4.75. The average molecular weight is 490 g/mol. The number of carbonyl (C=O) groups is 3. The molecule has 0 N–H and O–H groups in total. The standard InChI is InChI=1S/C26H17Cl2N3O3/c27-16-10-17(28)12-18(11-16)30-25(33)20-21(26(30)34)23(24(32)14-6-2-1-3-7-14)31-22(20)19-9-5-4-8-15(19)13-29-31/h1-13,20-23H/t20-,21+,22-,23-/m0/s1. The van der Waals surface area contributed by atoms with Crippen LogP contribution in [-0.2, 0) is 9.59 Å². The van der Waals surface area contributed by atoms with E-state index < -0.39 is 35.7 Å². The van der Waals surface area contributed by atoms with Crippen molar-refractivity contribution in [1.29, 1.82) is 0 Å². The maximum Gasteiger partial charge on any atom is 0.240 e. The molecule has 0 aliphatic carbocycles. The van der Waals surface area contributed by atoms with Gasteiger partial charge in [0.2, 0.25) is 11.8 Å². The van der Waals surface area contributed by atoms with Crippen LogP contribution in [0.25, 0.3) is 0 Å². The number of carbonyl (C=O) groups excluding carboxylic acids is 3. The van der Waals surface area contributed by atoms with Crippen molar-refractivity contribution in [2.75, 3.05) is 4.90 Å². The molecule has 34 heavy (non-hydrogen) atoms. The Bertz CT molecular complexity index is 1370. The van der Waals surface area contributed by atoms with Gasteiger partial charge < -0.3 is 0 Å². The van der Waals surface area contributed by atoms with Gasteiger partial charge in [-0.25, -0.2) is 4.90 Å². The normalized spacial score (nSPS) is 24.8. The fourth-order valence-corrected chi connectivity index (χ4v) is 5.88. The van der Waals surface area contributed by atoms with Crippen molar-refractivity contribution >= 4 is 52.7 Å². The SMILES string of the molecule is O=C(c1ccccc1)[C@@H]1[C@@H]2C(=O)N(c3cc(Cl)cc(Cl)c3)C(=O)[C@@H]2[C@@H]2c3ccccc3C=NN12. The third-order valence-corrected chi connectivity index (χ3v) is 7.16. The second-order valence-electron chi connectivity index (χ2n) is 8.56. The molecule has 3 aliphatic heterocycles. The van der Waals surface area contributed by atoms with E-state index in [2.05, 4.69) is 5.10 Å². The van der Waals surface area contributed by atoms with E-state index in [1.807, 2.05) is 30.3 Å². The largest absolute Gasteiger partial charge is 0.292 e. The zero-order valence-corrected chi connectivity index (χ0v) is 19.1. The number of rotatable bonds is 3. The van der Waals surface area contributed by atoms with Gasteiger partial charge in [-0.05, 0) is 29.3 Å². The Morgan fingerprint density at radius 2 is 1.47 bits per heavy atom. The Kier molecular flexibility index (Phi) is 4.83. The number of hydrogen-bond acceptors (Lipinski definition) is 5. The number of halogens is 2. The van der Waals surface area contributed by atoms with Crippen LogP contribution in [0.5, 0.6) is 0 Å². The highest BCUT2D eigenvalue weighted by Crippen LogP contribution is 2.53. The van der Waals surface area contributed by atoms with Crippen LogP contribution in [0.4, 0.5) is 5.69 Å². The Labute approximate surface area is 205 Å². The van der Waals surface area contributed by atoms with Crippen LogP contribution in [0.1, 0.15) is 27.5 Å². The highest BCUT2D eigenvalue weighted by atomic mass is 35.5. The minimum Gasteiger partial charge on any atom is -0.292 e. The average Bonchev–Trinajstić information content (AvgIpc) is 3.31. The van der Waals surface area contributed by atoms with Gasteiger partial charge in [-0.15, -0.1) is 0 Å². The zero-order chi connectivity index (χ0) is 23.6. The number of nitrogens with zero attached hydrogens (tertiary/aromatic N) is 3. The second kappa shape index (κ2) is 7.79. The summed E-state index contributed by atoms with van der Waals surface area (Å²) in [6, 6.07) is 19.5. The summed E-state index contributed by atoms with van der Waals surface area (Å²) in [7, 11) is 0. The number of amides is 2. The van der Waals surface area contributed by atoms with E-state index in [-0.39, 0.29) is 5.78 Å². The van der Waals surface area contributed by atoms with E-state index in [9.17, 15) is 14.4 Å². The molecule has 6 rings (SSSR count). The van der Waals surface area contributed by atoms with E-state index in [0.717, 1.165) is 16.0 Å². The smallest absolute Gasteiger partial charge is 0.240 e. The minimum atomic E-state index is -0.918. The van der Waals surface area contributed by atoms with Crippen molar-refractivity contribution in [3.8, 4) is 0 Å². The van der Waals surface area contributed by atoms with Crippen molar-refractivity contribution < 1.29 is 14.4 Å². The molecule has 4 atom stereocenters. The van der Waals surface area contributed by atoms with E-state index in [0.29, 0.717) is 21.3 Å². The number of anilines is 1. The van der Waals surface area contributed by atoms with Crippen LogP contribution in [0.3, 0.4) is 0 Å². The lowest BCUT2D eigenvalue weighted by Gasteiger charge is -2.33. The Hall–Kier alpha value is -3.48. The summed E-state index contributed by atoms with van der Waals surface area (Å²) in [5.74, 6) is -2.77. The molecule has 0 spiro atoms. The summed E-state index contributed by atoms with van der Waals surface area (Å²) in [5.41, 5.74) is 2.49. The number of hydrazone groups is 1. The summed E-state index contributed by atoms with van der Waals surface area (Å²) in [4.78, 5) is 42.5. The number of imide groups is 1. The fraction of sp³-hybridized carbons (Fsp3) is 0.154. The van der Waals surface area contributed by atoms with Crippen LogP contribution in [0, 0.1) is 11.8 Å². The maximum atomic E-state index is 13.8. The van der Waals surface area contributed by atoms with Crippen molar-refractivity contribution in [2.45, 2.75) is 12.1 Å². The van der Waals surface area contributed by atoms with Gasteiger partial charge in [-0.3, -0.25) is 19.4 Å². The van der Waals surface area contributed by atoms with Crippen LogP contribution in [0.15, 0.2) is 77.9 Å². The molecule has 3 aliphatic rings. The minimum absolute atomic E-state index is 0.248. The van der Waals surface area contributed by atoms with Gasteiger partial charge in [-0.2, -0.15) is 5.10 Å². The molecule has 0 saturated carbocycles. The quantitative estimate of drug-likeness (QED) is 0.393. The molecule has 3 aromatic carbocycles. The highest BCUT2D eigenvalue weighted by molar-refractivity contribution is 6.36. The molecule has 2 fully saturated rings. The molecule has 168 valence electrons. The molecule has 8 heteroatoms. The van der Waals surface area contributed by atoms with Crippen LogP contribution in [0.2, 0.25) is 10.0 Å². The molecular formula is C26H17Cl2N3O3. The van der Waals surface area contributed by atoms with Crippen molar-refractivity contribution in [3.63, 3.8) is 0 Å². The summed E-state index contributed by atoms with van der Waals surface area (Å²) in [5, 5.41) is 6.83. The second-order valence-corrected chi connectivity index (χ2v) is 9.44.